The maximum Gasteiger partial charge on any atom is 0.139 e. The molecule has 1 saturated heterocycles. The van der Waals surface area contributed by atoms with Gasteiger partial charge in [-0.15, -0.1) is 11.8 Å². The topological polar surface area (TPSA) is 49.7 Å². The number of aliphatic hydroxyl groups excluding tert-OH is 2. The highest BCUT2D eigenvalue weighted by Gasteiger charge is 2.34. The standard InChI is InChI=1S/C11H12F2O3S/c12-6-1-2-10(7(13)3-6)17-5-9-11(15)8(14)4-16-9/h1-3,8-9,11,14-15H,4-5H2. The van der Waals surface area contributed by atoms with Crippen LogP contribution in [0.25, 0.3) is 0 Å². The Morgan fingerprint density at radius 3 is 2.71 bits per heavy atom. The van der Waals surface area contributed by atoms with Gasteiger partial charge in [0.2, 0.25) is 0 Å². The van der Waals surface area contributed by atoms with Gasteiger partial charge in [-0.05, 0) is 12.1 Å². The maximum absolute atomic E-state index is 13.3. The molecule has 94 valence electrons. The molecule has 0 aromatic heterocycles. The molecule has 0 amide bonds. The van der Waals surface area contributed by atoms with Crippen molar-refractivity contribution in [1.82, 2.24) is 0 Å². The lowest BCUT2D eigenvalue weighted by molar-refractivity contribution is 0.0337. The Kier molecular flexibility index (Phi) is 3.98. The fourth-order valence-corrected chi connectivity index (χ4v) is 2.58. The maximum atomic E-state index is 13.3. The molecule has 0 aliphatic carbocycles. The van der Waals surface area contributed by atoms with E-state index < -0.39 is 29.9 Å². The molecule has 3 unspecified atom stereocenters. The Labute approximate surface area is 101 Å². The number of benzene rings is 1. The second kappa shape index (κ2) is 5.30. The minimum Gasteiger partial charge on any atom is -0.388 e. The zero-order valence-corrected chi connectivity index (χ0v) is 9.66. The Morgan fingerprint density at radius 1 is 1.35 bits per heavy atom. The highest BCUT2D eigenvalue weighted by molar-refractivity contribution is 7.99. The zero-order chi connectivity index (χ0) is 12.4. The SMILES string of the molecule is OC1COC(CSc2ccc(F)cc2F)C1O. The van der Waals surface area contributed by atoms with Gasteiger partial charge in [0.25, 0.3) is 0 Å². The number of halogens is 2. The summed E-state index contributed by atoms with van der Waals surface area (Å²) in [6.07, 6.45) is -2.37. The third-order valence-corrected chi connectivity index (χ3v) is 3.69. The molecule has 3 atom stereocenters. The molecule has 0 saturated carbocycles. The minimum absolute atomic E-state index is 0.0816. The minimum atomic E-state index is -0.953. The van der Waals surface area contributed by atoms with Crippen LogP contribution in [0.5, 0.6) is 0 Å². The monoisotopic (exact) mass is 262 g/mol. The summed E-state index contributed by atoms with van der Waals surface area (Å²) >= 11 is 1.12. The molecule has 3 nitrogen and oxygen atoms in total. The van der Waals surface area contributed by atoms with Gasteiger partial charge in [0, 0.05) is 16.7 Å². The van der Waals surface area contributed by atoms with E-state index in [0.29, 0.717) is 10.6 Å². The summed E-state index contributed by atoms with van der Waals surface area (Å²) in [7, 11) is 0. The first-order chi connectivity index (χ1) is 8.08. The van der Waals surface area contributed by atoms with Crippen LogP contribution in [0.4, 0.5) is 8.78 Å². The van der Waals surface area contributed by atoms with E-state index in [9.17, 15) is 19.0 Å². The zero-order valence-electron chi connectivity index (χ0n) is 8.85. The van der Waals surface area contributed by atoms with Crippen LogP contribution in [0.2, 0.25) is 0 Å². The lowest BCUT2D eigenvalue weighted by atomic mass is 10.2. The fraction of sp³-hybridized carbons (Fsp3) is 0.455. The van der Waals surface area contributed by atoms with E-state index in [1.54, 1.807) is 0 Å². The van der Waals surface area contributed by atoms with E-state index in [4.69, 9.17) is 4.74 Å². The normalized spacial score (nSPS) is 28.6. The number of ether oxygens (including phenoxy) is 1. The quantitative estimate of drug-likeness (QED) is 0.803. The highest BCUT2D eigenvalue weighted by atomic mass is 32.2. The molecule has 1 heterocycles. The van der Waals surface area contributed by atoms with Gasteiger partial charge in [-0.2, -0.15) is 0 Å². The molecule has 17 heavy (non-hydrogen) atoms. The van der Waals surface area contributed by atoms with Crippen LogP contribution >= 0.6 is 11.8 Å². The molecule has 1 aliphatic rings. The van der Waals surface area contributed by atoms with E-state index in [-0.39, 0.29) is 6.61 Å². The number of aliphatic hydroxyl groups is 2. The van der Waals surface area contributed by atoms with Crippen molar-refractivity contribution in [3.8, 4) is 0 Å². The summed E-state index contributed by atoms with van der Waals surface area (Å²) in [4.78, 5) is 0.295. The lowest BCUT2D eigenvalue weighted by Crippen LogP contribution is -2.31. The van der Waals surface area contributed by atoms with Crippen molar-refractivity contribution in [2.24, 2.45) is 0 Å². The molecule has 1 aliphatic heterocycles. The summed E-state index contributed by atoms with van der Waals surface area (Å²) in [6, 6.07) is 3.32. The Balaban J connectivity index is 1.94. The third-order valence-electron chi connectivity index (χ3n) is 2.55. The van der Waals surface area contributed by atoms with E-state index >= 15 is 0 Å². The molecular weight excluding hydrogens is 250 g/mol. The molecule has 2 rings (SSSR count). The van der Waals surface area contributed by atoms with Crippen molar-refractivity contribution in [3.05, 3.63) is 29.8 Å². The molecule has 6 heteroatoms. The van der Waals surface area contributed by atoms with Crippen molar-refractivity contribution >= 4 is 11.8 Å². The van der Waals surface area contributed by atoms with E-state index in [1.807, 2.05) is 0 Å². The van der Waals surface area contributed by atoms with Gasteiger partial charge in [0.15, 0.2) is 0 Å². The average Bonchev–Trinajstić information content (AvgIpc) is 2.59. The smallest absolute Gasteiger partial charge is 0.139 e. The van der Waals surface area contributed by atoms with Gasteiger partial charge in [-0.25, -0.2) is 8.78 Å². The molecule has 1 fully saturated rings. The Morgan fingerprint density at radius 2 is 2.12 bits per heavy atom. The fourth-order valence-electron chi connectivity index (χ4n) is 1.58. The van der Waals surface area contributed by atoms with Crippen LogP contribution in [0.3, 0.4) is 0 Å². The Hall–Kier alpha value is -0.690. The Bertz CT molecular complexity index is 402. The van der Waals surface area contributed by atoms with Gasteiger partial charge in [-0.1, -0.05) is 0 Å². The van der Waals surface area contributed by atoms with Crippen LogP contribution in [-0.4, -0.2) is 40.9 Å². The third kappa shape index (κ3) is 2.95. The van der Waals surface area contributed by atoms with Gasteiger partial charge >= 0.3 is 0 Å². The number of hydrogen-bond acceptors (Lipinski definition) is 4. The summed E-state index contributed by atoms with van der Waals surface area (Å²) in [5, 5.41) is 18.8. The first-order valence-corrected chi connectivity index (χ1v) is 6.12. The van der Waals surface area contributed by atoms with Crippen LogP contribution < -0.4 is 0 Å². The molecule has 0 bridgehead atoms. The first kappa shape index (κ1) is 12.8. The van der Waals surface area contributed by atoms with Crippen molar-refractivity contribution in [3.63, 3.8) is 0 Å². The van der Waals surface area contributed by atoms with Gasteiger partial charge < -0.3 is 14.9 Å². The van der Waals surface area contributed by atoms with Crippen molar-refractivity contribution in [2.45, 2.75) is 23.2 Å². The predicted molar refractivity (Wildman–Crippen MR) is 58.8 cm³/mol. The number of rotatable bonds is 3. The molecular formula is C11H12F2O3S. The van der Waals surface area contributed by atoms with E-state index in [0.717, 1.165) is 17.8 Å². The van der Waals surface area contributed by atoms with Crippen LogP contribution in [0, 0.1) is 11.6 Å². The molecule has 1 aromatic carbocycles. The van der Waals surface area contributed by atoms with Gasteiger partial charge in [-0.3, -0.25) is 0 Å². The predicted octanol–water partition coefficient (Wildman–Crippen LogP) is 1.18. The number of thioether (sulfide) groups is 1. The lowest BCUT2D eigenvalue weighted by Gasteiger charge is -2.14. The van der Waals surface area contributed by atoms with Crippen molar-refractivity contribution in [2.75, 3.05) is 12.4 Å². The van der Waals surface area contributed by atoms with E-state index in [2.05, 4.69) is 0 Å². The van der Waals surface area contributed by atoms with Gasteiger partial charge in [0.05, 0.1) is 12.7 Å². The average molecular weight is 262 g/mol. The second-order valence-electron chi connectivity index (χ2n) is 3.82. The van der Waals surface area contributed by atoms with Crippen LogP contribution in [0.15, 0.2) is 23.1 Å². The summed E-state index contributed by atoms with van der Waals surface area (Å²) < 4.78 is 31.1. The molecule has 2 N–H and O–H groups in total. The summed E-state index contributed by atoms with van der Waals surface area (Å²) in [6.45, 7) is 0.0816. The molecule has 0 spiro atoms. The van der Waals surface area contributed by atoms with Crippen molar-refractivity contribution in [1.29, 1.82) is 0 Å². The first-order valence-electron chi connectivity index (χ1n) is 5.13. The van der Waals surface area contributed by atoms with Crippen LogP contribution in [0.1, 0.15) is 0 Å². The largest absolute Gasteiger partial charge is 0.388 e. The highest BCUT2D eigenvalue weighted by Crippen LogP contribution is 2.26. The summed E-state index contributed by atoms with van der Waals surface area (Å²) in [5.74, 6) is -0.955. The van der Waals surface area contributed by atoms with E-state index in [1.165, 1.54) is 12.1 Å². The number of hydrogen-bond donors (Lipinski definition) is 2. The molecule has 0 radical (unpaired) electrons. The second-order valence-corrected chi connectivity index (χ2v) is 4.88. The van der Waals surface area contributed by atoms with Crippen molar-refractivity contribution < 1.29 is 23.7 Å². The van der Waals surface area contributed by atoms with Crippen LogP contribution in [-0.2, 0) is 4.74 Å². The molecule has 1 aromatic rings. The van der Waals surface area contributed by atoms with Gasteiger partial charge in [0.1, 0.15) is 23.8 Å². The summed E-state index contributed by atoms with van der Waals surface area (Å²) in [5.41, 5.74) is 0.